The molecule has 6 aliphatic heterocycles. The van der Waals surface area contributed by atoms with E-state index in [0.717, 1.165) is 51.4 Å². The van der Waals surface area contributed by atoms with Gasteiger partial charge >= 0.3 is 0 Å². The van der Waals surface area contributed by atoms with Crippen LogP contribution in [0.15, 0.2) is 243 Å². The second kappa shape index (κ2) is 28.9. The summed E-state index contributed by atoms with van der Waals surface area (Å²) in [5.41, 5.74) is 52.7. The third kappa shape index (κ3) is 11.9. The molecule has 26 rings (SSSR count). The van der Waals surface area contributed by atoms with Gasteiger partial charge in [0.1, 0.15) is 0 Å². The molecule has 0 spiro atoms. The quantitative estimate of drug-likeness (QED) is 0.127. The Morgan fingerprint density at radius 3 is 1.17 bits per heavy atom. The number of nitrogens with zero attached hydrogens (tertiary/aromatic N) is 6. The van der Waals surface area contributed by atoms with Crippen LogP contribution in [0.3, 0.4) is 0 Å². The molecule has 2 fully saturated rings. The fourth-order valence-corrected chi connectivity index (χ4v) is 30.7. The van der Waals surface area contributed by atoms with Gasteiger partial charge in [-0.3, -0.25) is 0 Å². The van der Waals surface area contributed by atoms with E-state index >= 15 is 0 Å². The Kier molecular flexibility index (Phi) is 18.3. The molecule has 0 saturated heterocycles. The molecule has 8 heterocycles. The van der Waals surface area contributed by atoms with Crippen molar-refractivity contribution in [1.82, 2.24) is 9.13 Å². The summed E-state index contributed by atoms with van der Waals surface area (Å²) < 4.78 is 5.62. The first-order valence-electron chi connectivity index (χ1n) is 53.8. The number of anilines is 10. The van der Waals surface area contributed by atoms with Gasteiger partial charge in [-0.15, -0.1) is 0 Å². The van der Waals surface area contributed by atoms with Crippen LogP contribution in [0.1, 0.15) is 328 Å². The van der Waals surface area contributed by atoms with Crippen LogP contribution in [0.2, 0.25) is 0 Å². The van der Waals surface area contributed by atoms with Crippen molar-refractivity contribution in [2.45, 2.75) is 328 Å². The van der Waals surface area contributed by atoms with Crippen molar-refractivity contribution in [1.29, 1.82) is 0 Å². The summed E-state index contributed by atoms with van der Waals surface area (Å²) in [5.74, 6) is 0. The molecule has 0 amide bonds. The smallest absolute Gasteiger partial charge is 0.252 e. The summed E-state index contributed by atoms with van der Waals surface area (Å²) in [4.78, 5) is 11.5. The van der Waals surface area contributed by atoms with Crippen LogP contribution in [-0.4, -0.2) is 33.6 Å². The second-order valence-electron chi connectivity index (χ2n) is 53.2. The minimum atomic E-state index is -0.273. The van der Waals surface area contributed by atoms with Gasteiger partial charge in [0.05, 0.1) is 28.2 Å². The largest absolute Gasteiger partial charge is 0.334 e. The summed E-state index contributed by atoms with van der Waals surface area (Å²) in [6, 6.07) is 99.8. The van der Waals surface area contributed by atoms with Crippen LogP contribution in [0.4, 0.5) is 56.9 Å². The molecule has 5 aliphatic carbocycles. The maximum Gasteiger partial charge on any atom is 0.252 e. The molecule has 710 valence electrons. The highest BCUT2D eigenvalue weighted by atomic mass is 15.3. The number of benzene rings is 13. The Morgan fingerprint density at radius 1 is 0.291 bits per heavy atom. The molecule has 2 saturated carbocycles. The number of rotatable bonds is 10. The molecular formula is C133H142B2N6. The van der Waals surface area contributed by atoms with Crippen molar-refractivity contribution in [2.75, 3.05) is 19.6 Å². The summed E-state index contributed by atoms with van der Waals surface area (Å²) in [7, 11) is 0. The highest BCUT2D eigenvalue weighted by Crippen LogP contribution is 2.67. The normalized spacial score (nSPS) is 21.7. The van der Waals surface area contributed by atoms with Gasteiger partial charge in [0, 0.05) is 123 Å². The van der Waals surface area contributed by atoms with Crippen molar-refractivity contribution in [2.24, 2.45) is 0 Å². The van der Waals surface area contributed by atoms with Gasteiger partial charge < -0.3 is 28.7 Å². The van der Waals surface area contributed by atoms with E-state index in [0.29, 0.717) is 0 Å². The number of hydrogen-bond donors (Lipinski definition) is 0. The molecule has 2 aromatic heterocycles. The first-order valence-corrected chi connectivity index (χ1v) is 53.8. The standard InChI is InChI=1S/C133H142B2N6/c1-79-68-95-96(127(17,18)67-66-126(95,15)16)78-106(79)137-108-73-85(51-56-100(108)135-102-49-39-45-91-114-120(89-43-31-33-47-94(89)129(114,21)22)139(118(91)102)112-77-87(75-110(137)116(112)135)140-104-58-53-82(122(5,6)7)70-97(104)130(23)60-34-36-62-132(130,140)25)125(13,14)65-64-124(11,12)84-54-59-105-98(71-84)131(24)61-35-37-63-133(131,26)141(105)86-74-109-115-111(76-86)138-117-90(113-119(138)88-42-30-32-46-93(88)128(113,19)20)44-38-48-101(117)134(115)99-55-50-83(123(8,9)10)72-107(99)136(109)103-57-52-81(121(2,3)4)69-92(103)80-40-28-27-29-41-80/h27-33,38-59,68-78H,34-37,60-67H2,1-26H3. The maximum absolute atomic E-state index is 2.93. The lowest BCUT2D eigenvalue weighted by atomic mass is 9.33. The van der Waals surface area contributed by atoms with Gasteiger partial charge in [-0.05, 0) is 293 Å². The van der Waals surface area contributed by atoms with Crippen LogP contribution in [0.25, 0.3) is 66.8 Å². The summed E-state index contributed by atoms with van der Waals surface area (Å²) >= 11 is 0. The lowest BCUT2D eigenvalue weighted by molar-refractivity contribution is 0.194. The number of fused-ring (bicyclic) bond motifs is 25. The Morgan fingerprint density at radius 2 is 0.681 bits per heavy atom. The number of hydrogen-bond acceptors (Lipinski definition) is 4. The molecule has 13 aromatic carbocycles. The Hall–Kier alpha value is -11.7. The third-order valence-corrected chi connectivity index (χ3v) is 39.6. The fourth-order valence-electron chi connectivity index (χ4n) is 30.7. The average molecular weight is 1850 g/mol. The van der Waals surface area contributed by atoms with E-state index in [-0.39, 0.29) is 84.1 Å². The minimum Gasteiger partial charge on any atom is -0.334 e. The topological polar surface area (TPSA) is 22.8 Å². The molecule has 4 unspecified atom stereocenters. The second-order valence-corrected chi connectivity index (χ2v) is 53.2. The molecule has 11 aliphatic rings. The van der Waals surface area contributed by atoms with E-state index in [1.165, 1.54) is 260 Å². The summed E-state index contributed by atoms with van der Waals surface area (Å²) in [5, 5.41) is 2.75. The molecular weight excluding hydrogens is 1700 g/mol. The van der Waals surface area contributed by atoms with E-state index in [9.17, 15) is 0 Å². The first kappa shape index (κ1) is 89.4. The monoisotopic (exact) mass is 1850 g/mol. The predicted molar refractivity (Wildman–Crippen MR) is 603 cm³/mol. The van der Waals surface area contributed by atoms with Crippen LogP contribution in [-0.2, 0) is 59.6 Å². The SMILES string of the molecule is Cc1cc2c(cc1N1c3cc(C(C)(C)CCC(C)(C)c4ccc5c(c4)C4(C)CCCCC4(C)N5c4cc5c6c(c4)-n4c7c(c8cccc(c84)B6c4ccc(C(C)(C)C)cc4N5c4ccc(C(C)(C)C)cc4-c4ccccc4)C(C)(C)c4ccccc4-7)ccc3B3c4c1cc(N1c5ccc(C(C)(C)C)cc5C5(C)CCCCC15C)cc4-n1c4c(c5cccc3c51)C(C)(C)c1ccccc1-4)C(C)(C)CCC2(C)C. The van der Waals surface area contributed by atoms with Gasteiger partial charge in [0.15, 0.2) is 0 Å². The van der Waals surface area contributed by atoms with Gasteiger partial charge in [0.25, 0.3) is 13.4 Å². The molecule has 15 aromatic rings. The zero-order valence-corrected chi connectivity index (χ0v) is 88.9. The Bertz CT molecular complexity index is 8000. The minimum absolute atomic E-state index is 0.00262. The first-order chi connectivity index (χ1) is 66.7. The van der Waals surface area contributed by atoms with Crippen molar-refractivity contribution < 1.29 is 0 Å². The van der Waals surface area contributed by atoms with Gasteiger partial charge in [0.2, 0.25) is 0 Å². The summed E-state index contributed by atoms with van der Waals surface area (Å²) in [6.45, 7) is 65.0. The highest BCUT2D eigenvalue weighted by Gasteiger charge is 2.62. The summed E-state index contributed by atoms with van der Waals surface area (Å²) in [6.07, 6.45) is 13.6. The van der Waals surface area contributed by atoms with Crippen LogP contribution in [0.5, 0.6) is 0 Å². The number of para-hydroxylation sites is 2. The lowest BCUT2D eigenvalue weighted by Gasteiger charge is -2.51. The van der Waals surface area contributed by atoms with Crippen molar-refractivity contribution in [3.63, 3.8) is 0 Å². The van der Waals surface area contributed by atoms with E-state index in [2.05, 4.69) is 451 Å². The van der Waals surface area contributed by atoms with Crippen molar-refractivity contribution >= 4 is 125 Å². The van der Waals surface area contributed by atoms with Crippen LogP contribution >= 0.6 is 0 Å². The number of aryl methyl sites for hydroxylation is 1. The van der Waals surface area contributed by atoms with E-state index < -0.39 is 0 Å². The average Bonchev–Trinajstić information content (AvgIpc) is 1.64. The lowest BCUT2D eigenvalue weighted by Crippen LogP contribution is -2.61. The predicted octanol–water partition coefficient (Wildman–Crippen LogP) is 31.1. The molecule has 0 radical (unpaired) electrons. The molecule has 8 heteroatoms. The van der Waals surface area contributed by atoms with E-state index in [1.807, 2.05) is 0 Å². The van der Waals surface area contributed by atoms with Gasteiger partial charge in [-0.25, -0.2) is 0 Å². The highest BCUT2D eigenvalue weighted by molar-refractivity contribution is 7.01. The molecule has 4 atom stereocenters. The van der Waals surface area contributed by atoms with Crippen molar-refractivity contribution in [3.05, 3.63) is 321 Å². The third-order valence-electron chi connectivity index (χ3n) is 39.6. The van der Waals surface area contributed by atoms with E-state index in [1.54, 1.807) is 0 Å². The van der Waals surface area contributed by atoms with Crippen LogP contribution < -0.4 is 52.4 Å². The molecule has 6 nitrogen and oxygen atoms in total. The fraction of sp³-hybridized carbons (Fsp3) is 0.383. The van der Waals surface area contributed by atoms with Gasteiger partial charge in [-0.2, -0.15) is 0 Å². The van der Waals surface area contributed by atoms with Crippen molar-refractivity contribution in [3.8, 4) is 45.0 Å². The number of aromatic nitrogens is 2. The maximum atomic E-state index is 2.93. The Balaban J connectivity index is 0.640. The molecule has 0 bridgehead atoms. The Labute approximate surface area is 841 Å². The van der Waals surface area contributed by atoms with Gasteiger partial charge in [-0.1, -0.05) is 361 Å². The zero-order chi connectivity index (χ0) is 98.1. The van der Waals surface area contributed by atoms with E-state index in [4.69, 9.17) is 0 Å². The molecule has 141 heavy (non-hydrogen) atoms. The van der Waals surface area contributed by atoms with Crippen LogP contribution in [0, 0.1) is 6.92 Å². The molecule has 0 N–H and O–H groups in total. The zero-order valence-electron chi connectivity index (χ0n) is 88.9.